The zero-order chi connectivity index (χ0) is 9.23. The van der Waals surface area contributed by atoms with Crippen molar-refractivity contribution >= 4 is 0 Å². The second-order valence-corrected chi connectivity index (χ2v) is 3.36. The van der Waals surface area contributed by atoms with Crippen molar-refractivity contribution in [2.24, 2.45) is 0 Å². The number of unbranched alkanes of at least 4 members (excludes halogenated alkanes) is 3. The fourth-order valence-corrected chi connectivity index (χ4v) is 1.17. The summed E-state index contributed by atoms with van der Waals surface area (Å²) in [5.74, 6) is 0. The van der Waals surface area contributed by atoms with E-state index in [9.17, 15) is 0 Å². The zero-order valence-corrected chi connectivity index (χ0v) is 8.81. The van der Waals surface area contributed by atoms with Gasteiger partial charge in [0, 0.05) is 13.7 Å². The molecule has 0 heterocycles. The van der Waals surface area contributed by atoms with E-state index in [0.29, 0.717) is 0 Å². The van der Waals surface area contributed by atoms with Gasteiger partial charge in [0.2, 0.25) is 0 Å². The summed E-state index contributed by atoms with van der Waals surface area (Å²) in [5.41, 5.74) is 0. The van der Waals surface area contributed by atoms with Crippen molar-refractivity contribution in [2.75, 3.05) is 33.9 Å². The van der Waals surface area contributed by atoms with Crippen molar-refractivity contribution in [1.82, 2.24) is 4.90 Å². The Bertz CT molecular complexity index is 85.9. The molecule has 74 valence electrons. The van der Waals surface area contributed by atoms with Crippen LogP contribution in [0.15, 0.2) is 0 Å². The predicted octanol–water partition coefficient (Wildman–Crippen LogP) is 2.14. The highest BCUT2D eigenvalue weighted by Crippen LogP contribution is 1.99. The van der Waals surface area contributed by atoms with Crippen LogP contribution in [0.2, 0.25) is 0 Å². The summed E-state index contributed by atoms with van der Waals surface area (Å²) in [5, 5.41) is 0. The Balaban J connectivity index is 3.02. The van der Waals surface area contributed by atoms with Crippen molar-refractivity contribution in [2.45, 2.75) is 32.6 Å². The number of hydrogen-bond acceptors (Lipinski definition) is 2. The van der Waals surface area contributed by atoms with Crippen LogP contribution in [-0.2, 0) is 4.74 Å². The fraction of sp³-hybridized carbons (Fsp3) is 1.00. The molecule has 0 amide bonds. The topological polar surface area (TPSA) is 12.5 Å². The van der Waals surface area contributed by atoms with Gasteiger partial charge in [-0.1, -0.05) is 26.2 Å². The molecule has 0 spiro atoms. The Hall–Kier alpha value is -0.0800. The van der Waals surface area contributed by atoms with Crippen LogP contribution in [0.3, 0.4) is 0 Å². The van der Waals surface area contributed by atoms with Crippen molar-refractivity contribution in [1.29, 1.82) is 0 Å². The minimum Gasteiger partial charge on any atom is -0.383 e. The van der Waals surface area contributed by atoms with Crippen LogP contribution in [0, 0.1) is 0 Å². The first kappa shape index (κ1) is 11.9. The number of likely N-dealkylation sites (N-methyl/N-ethyl adjacent to an activating group) is 1. The highest BCUT2D eigenvalue weighted by atomic mass is 16.5. The summed E-state index contributed by atoms with van der Waals surface area (Å²) >= 11 is 0. The molecule has 0 unspecified atom stereocenters. The molecule has 0 atom stereocenters. The lowest BCUT2D eigenvalue weighted by molar-refractivity contribution is 0.160. The van der Waals surface area contributed by atoms with Crippen LogP contribution < -0.4 is 0 Å². The molecule has 0 aliphatic carbocycles. The standard InChI is InChI=1S/C10H23NO/c1-4-5-6-7-8-11(2)9-10-12-3/h4-10H2,1-3H3. The third-order valence-electron chi connectivity index (χ3n) is 2.07. The maximum Gasteiger partial charge on any atom is 0.0589 e. The minimum atomic E-state index is 0.851. The van der Waals surface area contributed by atoms with E-state index in [1.54, 1.807) is 7.11 Å². The van der Waals surface area contributed by atoms with Gasteiger partial charge in [-0.05, 0) is 20.0 Å². The Morgan fingerprint density at radius 3 is 2.42 bits per heavy atom. The van der Waals surface area contributed by atoms with Gasteiger partial charge in [0.1, 0.15) is 0 Å². The highest BCUT2D eigenvalue weighted by Gasteiger charge is 1.96. The summed E-state index contributed by atoms with van der Waals surface area (Å²) in [6.45, 7) is 5.37. The molecule has 2 heteroatoms. The molecule has 0 saturated carbocycles. The molecule has 0 aromatic rings. The first-order valence-corrected chi connectivity index (χ1v) is 4.98. The van der Waals surface area contributed by atoms with E-state index in [2.05, 4.69) is 18.9 Å². The summed E-state index contributed by atoms with van der Waals surface area (Å²) < 4.78 is 5.00. The molecule has 0 aromatic heterocycles. The summed E-state index contributed by atoms with van der Waals surface area (Å²) in [4.78, 5) is 2.33. The van der Waals surface area contributed by atoms with E-state index in [1.165, 1.54) is 32.2 Å². The third kappa shape index (κ3) is 8.02. The van der Waals surface area contributed by atoms with Crippen LogP contribution >= 0.6 is 0 Å². The van der Waals surface area contributed by atoms with Gasteiger partial charge < -0.3 is 9.64 Å². The molecule has 0 aromatic carbocycles. The van der Waals surface area contributed by atoms with Gasteiger partial charge in [-0.2, -0.15) is 0 Å². The fourth-order valence-electron chi connectivity index (χ4n) is 1.17. The molecular formula is C10H23NO. The van der Waals surface area contributed by atoms with Crippen molar-refractivity contribution in [3.63, 3.8) is 0 Å². The number of methoxy groups -OCH3 is 1. The quantitative estimate of drug-likeness (QED) is 0.521. The van der Waals surface area contributed by atoms with E-state index < -0.39 is 0 Å². The summed E-state index contributed by atoms with van der Waals surface area (Å²) in [6.07, 6.45) is 5.39. The average Bonchev–Trinajstić information content (AvgIpc) is 2.09. The molecule has 12 heavy (non-hydrogen) atoms. The minimum absolute atomic E-state index is 0.851. The number of nitrogens with zero attached hydrogens (tertiary/aromatic N) is 1. The largest absolute Gasteiger partial charge is 0.383 e. The predicted molar refractivity (Wildman–Crippen MR) is 53.5 cm³/mol. The SMILES string of the molecule is CCCCCCN(C)CCOC. The lowest BCUT2D eigenvalue weighted by atomic mass is 10.2. The van der Waals surface area contributed by atoms with Crippen LogP contribution in [0.1, 0.15) is 32.6 Å². The third-order valence-corrected chi connectivity index (χ3v) is 2.07. The zero-order valence-electron chi connectivity index (χ0n) is 8.81. The average molecular weight is 173 g/mol. The molecule has 0 aliphatic rings. The molecule has 0 radical (unpaired) electrons. The number of rotatable bonds is 8. The molecule has 0 N–H and O–H groups in total. The summed E-state index contributed by atoms with van der Waals surface area (Å²) in [6, 6.07) is 0. The van der Waals surface area contributed by atoms with E-state index in [4.69, 9.17) is 4.74 Å². The Morgan fingerprint density at radius 2 is 1.83 bits per heavy atom. The molecule has 0 saturated heterocycles. The van der Waals surface area contributed by atoms with Crippen LogP contribution in [0.5, 0.6) is 0 Å². The monoisotopic (exact) mass is 173 g/mol. The Kier molecular flexibility index (Phi) is 8.95. The van der Waals surface area contributed by atoms with E-state index in [0.717, 1.165) is 13.2 Å². The second kappa shape index (κ2) is 9.01. The molecule has 0 aliphatic heterocycles. The van der Waals surface area contributed by atoms with E-state index >= 15 is 0 Å². The van der Waals surface area contributed by atoms with Gasteiger partial charge in [0.15, 0.2) is 0 Å². The van der Waals surface area contributed by atoms with Crippen molar-refractivity contribution in [3.8, 4) is 0 Å². The van der Waals surface area contributed by atoms with Crippen LogP contribution in [0.4, 0.5) is 0 Å². The van der Waals surface area contributed by atoms with Crippen molar-refractivity contribution < 1.29 is 4.74 Å². The van der Waals surface area contributed by atoms with Gasteiger partial charge >= 0.3 is 0 Å². The molecule has 0 fully saturated rings. The molecular weight excluding hydrogens is 150 g/mol. The van der Waals surface area contributed by atoms with Crippen LogP contribution in [0.25, 0.3) is 0 Å². The highest BCUT2D eigenvalue weighted by molar-refractivity contribution is 4.50. The number of ether oxygens (including phenoxy) is 1. The summed E-state index contributed by atoms with van der Waals surface area (Å²) in [7, 11) is 3.91. The van der Waals surface area contributed by atoms with Gasteiger partial charge in [0.05, 0.1) is 6.61 Å². The maximum atomic E-state index is 5.00. The van der Waals surface area contributed by atoms with Gasteiger partial charge in [-0.3, -0.25) is 0 Å². The van der Waals surface area contributed by atoms with Crippen molar-refractivity contribution in [3.05, 3.63) is 0 Å². The smallest absolute Gasteiger partial charge is 0.0589 e. The number of hydrogen-bond donors (Lipinski definition) is 0. The van der Waals surface area contributed by atoms with Gasteiger partial charge in [-0.25, -0.2) is 0 Å². The Labute approximate surface area is 76.9 Å². The molecule has 0 rings (SSSR count). The Morgan fingerprint density at radius 1 is 1.08 bits per heavy atom. The van der Waals surface area contributed by atoms with Crippen LogP contribution in [-0.4, -0.2) is 38.8 Å². The molecule has 0 bridgehead atoms. The first-order chi connectivity index (χ1) is 5.81. The molecule has 2 nitrogen and oxygen atoms in total. The maximum absolute atomic E-state index is 5.00. The van der Waals surface area contributed by atoms with E-state index in [-0.39, 0.29) is 0 Å². The first-order valence-electron chi connectivity index (χ1n) is 4.98. The van der Waals surface area contributed by atoms with Gasteiger partial charge in [0.25, 0.3) is 0 Å². The lowest BCUT2D eigenvalue weighted by Crippen LogP contribution is -2.23. The van der Waals surface area contributed by atoms with E-state index in [1.807, 2.05) is 0 Å². The lowest BCUT2D eigenvalue weighted by Gasteiger charge is -2.15. The second-order valence-electron chi connectivity index (χ2n) is 3.36. The normalized spacial score (nSPS) is 11.0. The van der Waals surface area contributed by atoms with Gasteiger partial charge in [-0.15, -0.1) is 0 Å².